The van der Waals surface area contributed by atoms with Gasteiger partial charge in [0.25, 0.3) is 0 Å². The predicted molar refractivity (Wildman–Crippen MR) is 66.7 cm³/mol. The molecule has 0 unspecified atom stereocenters. The fraction of sp³-hybridized carbons (Fsp3) is 0.0714. The quantitative estimate of drug-likeness (QED) is 0.766. The molecule has 90 valence electrons. The summed E-state index contributed by atoms with van der Waals surface area (Å²) in [6.45, 7) is 0.419. The van der Waals surface area contributed by atoms with Gasteiger partial charge in [0.1, 0.15) is 11.3 Å². The average Bonchev–Trinajstić information content (AvgIpc) is 2.97. The second-order valence-corrected chi connectivity index (χ2v) is 4.07. The van der Waals surface area contributed by atoms with Crippen molar-refractivity contribution in [2.45, 2.75) is 6.54 Å². The number of furan rings is 1. The molecular weight excluding hydrogens is 230 g/mol. The molecule has 2 heterocycles. The zero-order valence-corrected chi connectivity index (χ0v) is 9.54. The van der Waals surface area contributed by atoms with Gasteiger partial charge in [0, 0.05) is 11.7 Å². The standard InChI is InChI=1S/C14H11NO3/c16-14(17)11-6-8-18-13(11)9-15-7-5-10-3-1-2-4-12(10)15/h1-8H,9H2,(H,16,17). The van der Waals surface area contributed by atoms with Crippen LogP contribution in [0.25, 0.3) is 10.9 Å². The summed E-state index contributed by atoms with van der Waals surface area (Å²) in [5, 5.41) is 10.2. The third-order valence-corrected chi connectivity index (χ3v) is 2.97. The van der Waals surface area contributed by atoms with Crippen molar-refractivity contribution in [2.75, 3.05) is 0 Å². The van der Waals surface area contributed by atoms with Crippen molar-refractivity contribution in [2.24, 2.45) is 0 Å². The number of nitrogens with zero attached hydrogens (tertiary/aromatic N) is 1. The lowest BCUT2D eigenvalue weighted by Gasteiger charge is -2.03. The van der Waals surface area contributed by atoms with Crippen LogP contribution in [0.1, 0.15) is 16.1 Å². The number of aromatic carboxylic acids is 1. The molecule has 0 aliphatic carbocycles. The number of fused-ring (bicyclic) bond motifs is 1. The van der Waals surface area contributed by atoms with Crippen LogP contribution in [0.2, 0.25) is 0 Å². The van der Waals surface area contributed by atoms with Crippen molar-refractivity contribution in [1.82, 2.24) is 4.57 Å². The largest absolute Gasteiger partial charge is 0.478 e. The molecule has 18 heavy (non-hydrogen) atoms. The number of aromatic nitrogens is 1. The maximum atomic E-state index is 11.0. The van der Waals surface area contributed by atoms with E-state index in [9.17, 15) is 4.79 Å². The van der Waals surface area contributed by atoms with Gasteiger partial charge in [-0.05, 0) is 23.6 Å². The molecule has 0 radical (unpaired) electrons. The minimum absolute atomic E-state index is 0.216. The molecule has 0 saturated heterocycles. The number of benzene rings is 1. The van der Waals surface area contributed by atoms with Gasteiger partial charge < -0.3 is 14.1 Å². The van der Waals surface area contributed by atoms with E-state index in [1.807, 2.05) is 41.1 Å². The molecule has 4 heteroatoms. The highest BCUT2D eigenvalue weighted by Gasteiger charge is 2.14. The molecule has 0 fully saturated rings. The second-order valence-electron chi connectivity index (χ2n) is 4.07. The monoisotopic (exact) mass is 241 g/mol. The normalized spacial score (nSPS) is 10.9. The van der Waals surface area contributed by atoms with E-state index in [2.05, 4.69) is 0 Å². The van der Waals surface area contributed by atoms with Gasteiger partial charge >= 0.3 is 5.97 Å². The van der Waals surface area contributed by atoms with E-state index in [4.69, 9.17) is 9.52 Å². The minimum Gasteiger partial charge on any atom is -0.478 e. The lowest BCUT2D eigenvalue weighted by atomic mass is 10.2. The predicted octanol–water partition coefficient (Wildman–Crippen LogP) is 2.98. The SMILES string of the molecule is O=C(O)c1ccoc1Cn1ccc2ccccc21. The summed E-state index contributed by atoms with van der Waals surface area (Å²) < 4.78 is 7.22. The topological polar surface area (TPSA) is 55.4 Å². The average molecular weight is 241 g/mol. The Morgan fingerprint density at radius 3 is 2.89 bits per heavy atom. The Morgan fingerprint density at radius 2 is 2.06 bits per heavy atom. The second kappa shape index (κ2) is 4.07. The zero-order chi connectivity index (χ0) is 12.5. The molecule has 0 saturated carbocycles. The summed E-state index contributed by atoms with van der Waals surface area (Å²) in [7, 11) is 0. The van der Waals surface area contributed by atoms with Crippen molar-refractivity contribution in [3.63, 3.8) is 0 Å². The number of carboxylic acid groups (broad SMARTS) is 1. The summed E-state index contributed by atoms with van der Waals surface area (Å²) >= 11 is 0. The van der Waals surface area contributed by atoms with E-state index in [1.165, 1.54) is 12.3 Å². The first-order chi connectivity index (χ1) is 8.75. The van der Waals surface area contributed by atoms with Gasteiger partial charge in [0.15, 0.2) is 0 Å². The molecule has 0 spiro atoms. The Bertz CT molecular complexity index is 708. The summed E-state index contributed by atoms with van der Waals surface area (Å²) in [5.74, 6) is -0.501. The lowest BCUT2D eigenvalue weighted by molar-refractivity contribution is 0.0694. The van der Waals surface area contributed by atoms with Crippen molar-refractivity contribution >= 4 is 16.9 Å². The first kappa shape index (κ1) is 10.7. The summed E-state index contributed by atoms with van der Waals surface area (Å²) in [6, 6.07) is 11.4. The highest BCUT2D eigenvalue weighted by atomic mass is 16.4. The maximum Gasteiger partial charge on any atom is 0.339 e. The maximum absolute atomic E-state index is 11.0. The summed E-state index contributed by atoms with van der Waals surface area (Å²) in [5.41, 5.74) is 1.28. The van der Waals surface area contributed by atoms with Crippen LogP contribution in [0.5, 0.6) is 0 Å². The first-order valence-electron chi connectivity index (χ1n) is 5.59. The molecule has 0 amide bonds. The molecule has 3 aromatic rings. The Balaban J connectivity index is 2.02. The van der Waals surface area contributed by atoms with Crippen molar-refractivity contribution in [1.29, 1.82) is 0 Å². The van der Waals surface area contributed by atoms with Crippen LogP contribution in [0.15, 0.2) is 53.3 Å². The van der Waals surface area contributed by atoms with Crippen LogP contribution in [0, 0.1) is 0 Å². The number of carboxylic acids is 1. The van der Waals surface area contributed by atoms with Crippen molar-refractivity contribution in [3.8, 4) is 0 Å². The summed E-state index contributed by atoms with van der Waals surface area (Å²) in [6.07, 6.45) is 3.34. The van der Waals surface area contributed by atoms with Gasteiger partial charge in [-0.3, -0.25) is 0 Å². The fourth-order valence-corrected chi connectivity index (χ4v) is 2.09. The Morgan fingerprint density at radius 1 is 1.22 bits per heavy atom. The molecule has 0 aliphatic heterocycles. The Hall–Kier alpha value is -2.49. The van der Waals surface area contributed by atoms with Gasteiger partial charge in [0.05, 0.1) is 12.8 Å². The number of carbonyl (C=O) groups is 1. The van der Waals surface area contributed by atoms with E-state index < -0.39 is 5.97 Å². The molecule has 1 aromatic carbocycles. The highest BCUT2D eigenvalue weighted by molar-refractivity contribution is 5.88. The number of para-hydroxylation sites is 1. The van der Waals surface area contributed by atoms with E-state index in [0.717, 1.165) is 10.9 Å². The highest BCUT2D eigenvalue weighted by Crippen LogP contribution is 2.19. The molecular formula is C14H11NO3. The van der Waals surface area contributed by atoms with E-state index in [-0.39, 0.29) is 5.56 Å². The third-order valence-electron chi connectivity index (χ3n) is 2.97. The van der Waals surface area contributed by atoms with Gasteiger partial charge in [-0.15, -0.1) is 0 Å². The van der Waals surface area contributed by atoms with Crippen molar-refractivity contribution < 1.29 is 14.3 Å². The fourth-order valence-electron chi connectivity index (χ4n) is 2.09. The third kappa shape index (κ3) is 1.68. The number of rotatable bonds is 3. The molecule has 4 nitrogen and oxygen atoms in total. The van der Waals surface area contributed by atoms with Gasteiger partial charge in [-0.25, -0.2) is 4.79 Å². The van der Waals surface area contributed by atoms with Gasteiger partial charge in [-0.1, -0.05) is 18.2 Å². The van der Waals surface area contributed by atoms with Crippen LogP contribution in [0.3, 0.4) is 0 Å². The van der Waals surface area contributed by atoms with Crippen LogP contribution in [-0.2, 0) is 6.54 Å². The smallest absolute Gasteiger partial charge is 0.339 e. The molecule has 0 atom stereocenters. The van der Waals surface area contributed by atoms with E-state index >= 15 is 0 Å². The van der Waals surface area contributed by atoms with Crippen LogP contribution >= 0.6 is 0 Å². The zero-order valence-electron chi connectivity index (χ0n) is 9.54. The van der Waals surface area contributed by atoms with Crippen LogP contribution in [0.4, 0.5) is 0 Å². The molecule has 2 aromatic heterocycles. The van der Waals surface area contributed by atoms with Crippen molar-refractivity contribution in [3.05, 3.63) is 60.2 Å². The van der Waals surface area contributed by atoms with E-state index in [1.54, 1.807) is 0 Å². The minimum atomic E-state index is -0.963. The summed E-state index contributed by atoms with van der Waals surface area (Å²) in [4.78, 5) is 11.0. The molecule has 1 N–H and O–H groups in total. The lowest BCUT2D eigenvalue weighted by Crippen LogP contribution is -2.03. The van der Waals surface area contributed by atoms with Gasteiger partial charge in [0.2, 0.25) is 0 Å². The Kier molecular flexibility index (Phi) is 2.41. The van der Waals surface area contributed by atoms with E-state index in [0.29, 0.717) is 12.3 Å². The molecule has 3 rings (SSSR count). The first-order valence-corrected chi connectivity index (χ1v) is 5.59. The van der Waals surface area contributed by atoms with Gasteiger partial charge in [-0.2, -0.15) is 0 Å². The molecule has 0 aliphatic rings. The molecule has 0 bridgehead atoms. The Labute approximate surface area is 103 Å². The number of hydrogen-bond donors (Lipinski definition) is 1. The van der Waals surface area contributed by atoms with Crippen LogP contribution < -0.4 is 0 Å². The number of hydrogen-bond acceptors (Lipinski definition) is 2. The van der Waals surface area contributed by atoms with Crippen LogP contribution in [-0.4, -0.2) is 15.6 Å².